The van der Waals surface area contributed by atoms with Crippen molar-refractivity contribution in [1.82, 2.24) is 10.6 Å². The minimum Gasteiger partial charge on any atom is -0.481 e. The first-order chi connectivity index (χ1) is 8.99. The van der Waals surface area contributed by atoms with Gasteiger partial charge in [0.1, 0.15) is 5.75 Å². The molecule has 1 unspecified atom stereocenters. The average molecular weight is 285 g/mol. The van der Waals surface area contributed by atoms with Gasteiger partial charge >= 0.3 is 0 Å². The van der Waals surface area contributed by atoms with E-state index in [1.54, 1.807) is 31.2 Å². The molecule has 0 saturated carbocycles. The Labute approximate surface area is 117 Å². The summed E-state index contributed by atoms with van der Waals surface area (Å²) in [5.74, 6) is 0.166. The molecule has 0 fully saturated rings. The summed E-state index contributed by atoms with van der Waals surface area (Å²) < 4.78 is 5.45. The van der Waals surface area contributed by atoms with Crippen molar-refractivity contribution in [3.05, 3.63) is 29.3 Å². The van der Waals surface area contributed by atoms with Crippen LogP contribution in [-0.4, -0.2) is 31.0 Å². The molecule has 1 rings (SSSR count). The van der Waals surface area contributed by atoms with Crippen molar-refractivity contribution in [2.45, 2.75) is 20.0 Å². The SMILES string of the molecule is CC(=O)NCCNC(=O)C(C)Oc1cccc(Cl)c1. The Morgan fingerprint density at radius 2 is 2.00 bits per heavy atom. The number of halogens is 1. The second-order valence-electron chi connectivity index (χ2n) is 3.99. The Kier molecular flexibility index (Phi) is 6.15. The van der Waals surface area contributed by atoms with Crippen molar-refractivity contribution in [3.8, 4) is 5.75 Å². The molecule has 6 heteroatoms. The van der Waals surface area contributed by atoms with Crippen molar-refractivity contribution in [2.75, 3.05) is 13.1 Å². The maximum Gasteiger partial charge on any atom is 0.260 e. The number of carbonyl (C=O) groups is 2. The van der Waals surface area contributed by atoms with Gasteiger partial charge in [-0.05, 0) is 25.1 Å². The fourth-order valence-electron chi connectivity index (χ4n) is 1.37. The van der Waals surface area contributed by atoms with E-state index in [2.05, 4.69) is 10.6 Å². The van der Waals surface area contributed by atoms with Crippen LogP contribution in [0.3, 0.4) is 0 Å². The second kappa shape index (κ2) is 7.63. The van der Waals surface area contributed by atoms with Crippen LogP contribution in [0.15, 0.2) is 24.3 Å². The Bertz CT molecular complexity index is 451. The molecule has 0 aromatic heterocycles. The molecular formula is C13H17ClN2O3. The first-order valence-corrected chi connectivity index (χ1v) is 6.31. The third-order valence-corrected chi connectivity index (χ3v) is 2.51. The molecule has 1 aromatic carbocycles. The van der Waals surface area contributed by atoms with E-state index in [1.807, 2.05) is 0 Å². The molecule has 0 aliphatic heterocycles. The van der Waals surface area contributed by atoms with Crippen LogP contribution in [-0.2, 0) is 9.59 Å². The van der Waals surface area contributed by atoms with Crippen LogP contribution >= 0.6 is 11.6 Å². The molecule has 0 aliphatic carbocycles. The van der Waals surface area contributed by atoms with Crippen molar-refractivity contribution in [3.63, 3.8) is 0 Å². The Balaban J connectivity index is 2.34. The molecule has 5 nitrogen and oxygen atoms in total. The van der Waals surface area contributed by atoms with Gasteiger partial charge in [-0.1, -0.05) is 17.7 Å². The zero-order chi connectivity index (χ0) is 14.3. The predicted octanol–water partition coefficient (Wildman–Crippen LogP) is 1.36. The Morgan fingerprint density at radius 3 is 2.63 bits per heavy atom. The van der Waals surface area contributed by atoms with E-state index in [1.165, 1.54) is 6.92 Å². The summed E-state index contributed by atoms with van der Waals surface area (Å²) >= 11 is 5.82. The van der Waals surface area contributed by atoms with Crippen LogP contribution in [0.5, 0.6) is 5.75 Å². The number of benzene rings is 1. The number of nitrogens with one attached hydrogen (secondary N) is 2. The molecule has 0 bridgehead atoms. The van der Waals surface area contributed by atoms with E-state index in [4.69, 9.17) is 16.3 Å². The van der Waals surface area contributed by atoms with E-state index in [9.17, 15) is 9.59 Å². The highest BCUT2D eigenvalue weighted by molar-refractivity contribution is 6.30. The van der Waals surface area contributed by atoms with Crippen LogP contribution < -0.4 is 15.4 Å². The summed E-state index contributed by atoms with van der Waals surface area (Å²) in [6.45, 7) is 3.83. The smallest absolute Gasteiger partial charge is 0.260 e. The molecule has 0 aliphatic rings. The first-order valence-electron chi connectivity index (χ1n) is 5.93. The molecule has 1 aromatic rings. The molecule has 2 N–H and O–H groups in total. The van der Waals surface area contributed by atoms with Crippen LogP contribution in [0.2, 0.25) is 5.02 Å². The number of hydrogen-bond donors (Lipinski definition) is 2. The van der Waals surface area contributed by atoms with Gasteiger partial charge in [-0.15, -0.1) is 0 Å². The number of ether oxygens (including phenoxy) is 1. The zero-order valence-electron chi connectivity index (χ0n) is 10.9. The van der Waals surface area contributed by atoms with Crippen LogP contribution in [0.1, 0.15) is 13.8 Å². The third kappa shape index (κ3) is 6.10. The van der Waals surface area contributed by atoms with Crippen molar-refractivity contribution < 1.29 is 14.3 Å². The van der Waals surface area contributed by atoms with Crippen LogP contribution in [0, 0.1) is 0 Å². The highest BCUT2D eigenvalue weighted by Gasteiger charge is 2.13. The predicted molar refractivity (Wildman–Crippen MR) is 73.2 cm³/mol. The van der Waals surface area contributed by atoms with Gasteiger partial charge in [-0.25, -0.2) is 0 Å². The molecule has 0 spiro atoms. The lowest BCUT2D eigenvalue weighted by atomic mass is 10.3. The summed E-state index contributed by atoms with van der Waals surface area (Å²) in [5.41, 5.74) is 0. The summed E-state index contributed by atoms with van der Waals surface area (Å²) in [6, 6.07) is 6.85. The zero-order valence-corrected chi connectivity index (χ0v) is 11.7. The van der Waals surface area contributed by atoms with E-state index in [0.29, 0.717) is 23.9 Å². The molecule has 19 heavy (non-hydrogen) atoms. The maximum atomic E-state index is 11.7. The van der Waals surface area contributed by atoms with E-state index >= 15 is 0 Å². The van der Waals surface area contributed by atoms with Gasteiger partial charge < -0.3 is 15.4 Å². The highest BCUT2D eigenvalue weighted by Crippen LogP contribution is 2.18. The Hall–Kier alpha value is -1.75. The van der Waals surface area contributed by atoms with Gasteiger partial charge in [0.25, 0.3) is 5.91 Å². The first kappa shape index (κ1) is 15.3. The molecule has 0 radical (unpaired) electrons. The largest absolute Gasteiger partial charge is 0.481 e. The lowest BCUT2D eigenvalue weighted by molar-refractivity contribution is -0.127. The molecule has 104 valence electrons. The van der Waals surface area contributed by atoms with E-state index in [-0.39, 0.29) is 11.8 Å². The summed E-state index contributed by atoms with van der Waals surface area (Å²) in [7, 11) is 0. The molecule has 0 saturated heterocycles. The monoisotopic (exact) mass is 284 g/mol. The average Bonchev–Trinajstić information content (AvgIpc) is 2.34. The van der Waals surface area contributed by atoms with Crippen LogP contribution in [0.4, 0.5) is 0 Å². The third-order valence-electron chi connectivity index (χ3n) is 2.28. The summed E-state index contributed by atoms with van der Waals surface area (Å²) in [5, 5.41) is 5.80. The van der Waals surface area contributed by atoms with Gasteiger partial charge in [0.15, 0.2) is 6.10 Å². The normalized spacial score (nSPS) is 11.5. The highest BCUT2D eigenvalue weighted by atomic mass is 35.5. The Morgan fingerprint density at radius 1 is 1.32 bits per heavy atom. The molecule has 2 amide bonds. The van der Waals surface area contributed by atoms with E-state index < -0.39 is 6.10 Å². The minimum absolute atomic E-state index is 0.127. The van der Waals surface area contributed by atoms with Crippen LogP contribution in [0.25, 0.3) is 0 Å². The number of amides is 2. The fraction of sp³-hybridized carbons (Fsp3) is 0.385. The van der Waals surface area contributed by atoms with Gasteiger partial charge in [-0.2, -0.15) is 0 Å². The van der Waals surface area contributed by atoms with Crippen molar-refractivity contribution in [1.29, 1.82) is 0 Å². The summed E-state index contributed by atoms with van der Waals surface area (Å²) in [6.07, 6.45) is -0.629. The quantitative estimate of drug-likeness (QED) is 0.775. The molecule has 1 atom stereocenters. The second-order valence-corrected chi connectivity index (χ2v) is 4.43. The number of hydrogen-bond acceptors (Lipinski definition) is 3. The number of rotatable bonds is 6. The fourth-order valence-corrected chi connectivity index (χ4v) is 1.55. The van der Waals surface area contributed by atoms with Crippen molar-refractivity contribution in [2.24, 2.45) is 0 Å². The van der Waals surface area contributed by atoms with Gasteiger partial charge in [0, 0.05) is 25.0 Å². The summed E-state index contributed by atoms with van der Waals surface area (Å²) in [4.78, 5) is 22.3. The standard InChI is InChI=1S/C13H17ClN2O3/c1-9(13(18)16-7-6-15-10(2)17)19-12-5-3-4-11(14)8-12/h3-5,8-9H,6-7H2,1-2H3,(H,15,17)(H,16,18). The molecular weight excluding hydrogens is 268 g/mol. The minimum atomic E-state index is -0.629. The maximum absolute atomic E-state index is 11.7. The van der Waals surface area contributed by atoms with Gasteiger partial charge in [-0.3, -0.25) is 9.59 Å². The topological polar surface area (TPSA) is 67.4 Å². The van der Waals surface area contributed by atoms with Gasteiger partial charge in [0.05, 0.1) is 0 Å². The van der Waals surface area contributed by atoms with E-state index in [0.717, 1.165) is 0 Å². The lowest BCUT2D eigenvalue weighted by Crippen LogP contribution is -2.40. The van der Waals surface area contributed by atoms with Gasteiger partial charge in [0.2, 0.25) is 5.91 Å². The lowest BCUT2D eigenvalue weighted by Gasteiger charge is -2.14. The molecule has 0 heterocycles. The van der Waals surface area contributed by atoms with Crippen molar-refractivity contribution >= 4 is 23.4 Å². The number of carbonyl (C=O) groups excluding carboxylic acids is 2.